The minimum Gasteiger partial charge on any atom is -0.489 e. The number of hydrogen-bond donors (Lipinski definition) is 1. The van der Waals surface area contributed by atoms with E-state index in [0.29, 0.717) is 12.4 Å². The number of hydrogen-bond acceptors (Lipinski definition) is 3. The summed E-state index contributed by atoms with van der Waals surface area (Å²) in [7, 11) is 0. The molecule has 104 valence electrons. The van der Waals surface area contributed by atoms with Crippen LogP contribution >= 0.6 is 11.8 Å². The van der Waals surface area contributed by atoms with Crippen LogP contribution in [0.4, 0.5) is 4.39 Å². The predicted octanol–water partition coefficient (Wildman–Crippen LogP) is 3.82. The quantitative estimate of drug-likeness (QED) is 0.851. The molecular weight excluding hydrogens is 279 g/mol. The topological polar surface area (TPSA) is 46.5 Å². The minimum atomic E-state index is -1.30. The summed E-state index contributed by atoms with van der Waals surface area (Å²) in [6.45, 7) is 0.305. The summed E-state index contributed by atoms with van der Waals surface area (Å²) in [5, 5.41) is 8.99. The molecule has 1 N–H and O–H groups in total. The lowest BCUT2D eigenvalue weighted by Crippen LogP contribution is -2.04. The summed E-state index contributed by atoms with van der Waals surface area (Å²) in [5.41, 5.74) is 0.583. The first-order chi connectivity index (χ1) is 9.61. The van der Waals surface area contributed by atoms with Gasteiger partial charge in [-0.1, -0.05) is 30.3 Å². The molecule has 0 bridgehead atoms. The van der Waals surface area contributed by atoms with Gasteiger partial charge in [0.2, 0.25) is 0 Å². The van der Waals surface area contributed by atoms with Crippen molar-refractivity contribution in [1.82, 2.24) is 0 Å². The molecular formula is C15H13FO3S. The number of ether oxygens (including phenoxy) is 1. The molecule has 0 aliphatic heterocycles. The van der Waals surface area contributed by atoms with Crippen LogP contribution in [0.15, 0.2) is 47.4 Å². The van der Waals surface area contributed by atoms with E-state index in [0.717, 1.165) is 17.3 Å². The number of benzene rings is 2. The Hall–Kier alpha value is -2.01. The lowest BCUT2D eigenvalue weighted by molar-refractivity contribution is 0.0690. The molecule has 0 aromatic heterocycles. The highest BCUT2D eigenvalue weighted by Crippen LogP contribution is 2.28. The van der Waals surface area contributed by atoms with E-state index in [2.05, 4.69) is 0 Å². The van der Waals surface area contributed by atoms with E-state index in [1.54, 1.807) is 6.26 Å². The fourth-order valence-corrected chi connectivity index (χ4v) is 2.22. The Balaban J connectivity index is 2.23. The summed E-state index contributed by atoms with van der Waals surface area (Å²) < 4.78 is 19.3. The number of carboxylic acid groups (broad SMARTS) is 1. The van der Waals surface area contributed by atoms with E-state index in [4.69, 9.17) is 9.84 Å². The van der Waals surface area contributed by atoms with Crippen LogP contribution in [0.1, 0.15) is 15.9 Å². The van der Waals surface area contributed by atoms with Crippen molar-refractivity contribution in [2.24, 2.45) is 0 Å². The number of rotatable bonds is 5. The van der Waals surface area contributed by atoms with E-state index in [1.165, 1.54) is 12.1 Å². The molecule has 0 saturated heterocycles. The largest absolute Gasteiger partial charge is 0.489 e. The maximum atomic E-state index is 13.8. The van der Waals surface area contributed by atoms with Gasteiger partial charge in [0.05, 0.1) is 5.56 Å². The van der Waals surface area contributed by atoms with Crippen LogP contribution < -0.4 is 4.74 Å². The third-order valence-corrected chi connectivity index (χ3v) is 3.45. The zero-order valence-corrected chi connectivity index (χ0v) is 11.6. The zero-order valence-electron chi connectivity index (χ0n) is 10.8. The van der Waals surface area contributed by atoms with Crippen LogP contribution in [0.25, 0.3) is 0 Å². The molecule has 0 atom stereocenters. The summed E-state index contributed by atoms with van der Waals surface area (Å²) in [6, 6.07) is 12.2. The molecule has 20 heavy (non-hydrogen) atoms. The van der Waals surface area contributed by atoms with Crippen LogP contribution in [-0.2, 0) is 6.61 Å². The van der Waals surface area contributed by atoms with Gasteiger partial charge in [-0.05, 0) is 24.0 Å². The molecule has 3 nitrogen and oxygen atoms in total. The van der Waals surface area contributed by atoms with Crippen molar-refractivity contribution in [2.75, 3.05) is 6.26 Å². The molecule has 0 radical (unpaired) electrons. The van der Waals surface area contributed by atoms with Crippen molar-refractivity contribution in [3.63, 3.8) is 0 Å². The van der Waals surface area contributed by atoms with Crippen molar-refractivity contribution in [1.29, 1.82) is 0 Å². The molecule has 0 amide bonds. The molecule has 5 heteroatoms. The van der Waals surface area contributed by atoms with Gasteiger partial charge in [0, 0.05) is 4.90 Å². The van der Waals surface area contributed by atoms with Crippen molar-refractivity contribution in [3.8, 4) is 5.75 Å². The SMILES string of the molecule is CSc1cc(OCc2ccccc2)cc(C(=O)O)c1F. The smallest absolute Gasteiger partial charge is 0.338 e. The van der Waals surface area contributed by atoms with E-state index in [9.17, 15) is 9.18 Å². The van der Waals surface area contributed by atoms with Gasteiger partial charge >= 0.3 is 5.97 Å². The maximum Gasteiger partial charge on any atom is 0.338 e. The first kappa shape index (κ1) is 14.4. The van der Waals surface area contributed by atoms with Crippen molar-refractivity contribution in [3.05, 3.63) is 59.4 Å². The Bertz CT molecular complexity index is 614. The number of carboxylic acids is 1. The van der Waals surface area contributed by atoms with E-state index < -0.39 is 11.8 Å². The highest BCUT2D eigenvalue weighted by Gasteiger charge is 2.16. The number of carbonyl (C=O) groups is 1. The Morgan fingerprint density at radius 3 is 2.60 bits per heavy atom. The number of thioether (sulfide) groups is 1. The summed E-state index contributed by atoms with van der Waals surface area (Å²) in [4.78, 5) is 11.3. The molecule has 0 aliphatic carbocycles. The molecule has 2 rings (SSSR count). The van der Waals surface area contributed by atoms with Gasteiger partial charge in [-0.15, -0.1) is 11.8 Å². The maximum absolute atomic E-state index is 13.8. The molecule has 0 heterocycles. The first-order valence-electron chi connectivity index (χ1n) is 5.89. The standard InChI is InChI=1S/C15H13FO3S/c1-20-13-8-11(7-12(14(13)16)15(17)18)19-9-10-5-3-2-4-6-10/h2-8H,9H2,1H3,(H,17,18). The third-order valence-electron chi connectivity index (χ3n) is 2.71. The molecule has 0 unspecified atom stereocenters. The Kier molecular flexibility index (Phi) is 4.63. The van der Waals surface area contributed by atoms with Gasteiger partial charge in [0.25, 0.3) is 0 Å². The normalized spacial score (nSPS) is 10.3. The highest BCUT2D eigenvalue weighted by molar-refractivity contribution is 7.98. The van der Waals surface area contributed by atoms with E-state index >= 15 is 0 Å². The van der Waals surface area contributed by atoms with E-state index in [-0.39, 0.29) is 10.5 Å². The Morgan fingerprint density at radius 1 is 1.30 bits per heavy atom. The van der Waals surface area contributed by atoms with Crippen LogP contribution in [0.5, 0.6) is 5.75 Å². The van der Waals surface area contributed by atoms with Crippen LogP contribution in [0.2, 0.25) is 0 Å². The molecule has 2 aromatic rings. The molecule has 0 spiro atoms. The van der Waals surface area contributed by atoms with Gasteiger partial charge in [-0.3, -0.25) is 0 Å². The average Bonchev–Trinajstić information content (AvgIpc) is 2.47. The minimum absolute atomic E-state index is 0.257. The van der Waals surface area contributed by atoms with Gasteiger partial charge < -0.3 is 9.84 Å². The Morgan fingerprint density at radius 2 is 2.00 bits per heavy atom. The second kappa shape index (κ2) is 6.43. The monoisotopic (exact) mass is 292 g/mol. The van der Waals surface area contributed by atoms with Crippen LogP contribution in [-0.4, -0.2) is 17.3 Å². The molecule has 0 aliphatic rings. The molecule has 2 aromatic carbocycles. The second-order valence-corrected chi connectivity index (χ2v) is 4.91. The van der Waals surface area contributed by atoms with Gasteiger partial charge in [-0.2, -0.15) is 0 Å². The molecule has 0 saturated carbocycles. The highest BCUT2D eigenvalue weighted by atomic mass is 32.2. The lowest BCUT2D eigenvalue weighted by atomic mass is 10.2. The third kappa shape index (κ3) is 3.30. The average molecular weight is 292 g/mol. The van der Waals surface area contributed by atoms with Gasteiger partial charge in [0.15, 0.2) is 5.82 Å². The summed E-state index contributed by atoms with van der Waals surface area (Å²) in [5.74, 6) is -1.68. The molecule has 0 fully saturated rings. The lowest BCUT2D eigenvalue weighted by Gasteiger charge is -2.10. The van der Waals surface area contributed by atoms with Gasteiger partial charge in [0.1, 0.15) is 12.4 Å². The van der Waals surface area contributed by atoms with Crippen molar-refractivity contribution in [2.45, 2.75) is 11.5 Å². The second-order valence-electron chi connectivity index (χ2n) is 4.07. The number of halogens is 1. The Labute approximate surface area is 120 Å². The fraction of sp³-hybridized carbons (Fsp3) is 0.133. The van der Waals surface area contributed by atoms with Crippen molar-refractivity contribution >= 4 is 17.7 Å². The first-order valence-corrected chi connectivity index (χ1v) is 7.12. The van der Waals surface area contributed by atoms with Crippen LogP contribution in [0, 0.1) is 5.82 Å². The predicted molar refractivity (Wildman–Crippen MR) is 75.9 cm³/mol. The van der Waals surface area contributed by atoms with E-state index in [1.807, 2.05) is 30.3 Å². The fourth-order valence-electron chi connectivity index (χ4n) is 1.70. The zero-order chi connectivity index (χ0) is 14.5. The van der Waals surface area contributed by atoms with Crippen LogP contribution in [0.3, 0.4) is 0 Å². The summed E-state index contributed by atoms with van der Waals surface area (Å²) >= 11 is 1.14. The van der Waals surface area contributed by atoms with Gasteiger partial charge in [-0.25, -0.2) is 9.18 Å². The number of aromatic carboxylic acids is 1. The van der Waals surface area contributed by atoms with Crippen molar-refractivity contribution < 1.29 is 19.0 Å². The summed E-state index contributed by atoms with van der Waals surface area (Å²) in [6.07, 6.45) is 1.69.